The van der Waals surface area contributed by atoms with Crippen molar-refractivity contribution in [3.8, 4) is 0 Å². The molecule has 136 valence electrons. The normalized spacial score (nSPS) is 8.31. The topological polar surface area (TPSA) is 40.9 Å². The predicted octanol–water partition coefficient (Wildman–Crippen LogP) is -0.153. The number of hydrogen-bond acceptors (Lipinski definition) is 1. The van der Waals surface area contributed by atoms with Gasteiger partial charge in [0, 0.05) is 9.52 Å². The van der Waals surface area contributed by atoms with Crippen LogP contribution in [0.15, 0.2) is 60.7 Å². The SMILES string of the molecule is C[Si]C.Cc1cc(C)cc(C([NH-])=O)c1.[Cl-].[Cl-].[Ti+4].c1ccc2[cH-]ccc2c1. The van der Waals surface area contributed by atoms with Gasteiger partial charge in [0.05, 0.1) is 5.91 Å². The van der Waals surface area contributed by atoms with Crippen LogP contribution in [0.1, 0.15) is 21.5 Å². The van der Waals surface area contributed by atoms with E-state index in [1.54, 1.807) is 12.1 Å². The molecule has 3 aromatic rings. The number of aryl methyl sites for hydroxylation is 2. The number of fused-ring (bicyclic) bond motifs is 1. The average Bonchev–Trinajstić information content (AvgIpc) is 2.96. The molecule has 0 unspecified atom stereocenters. The smallest absolute Gasteiger partial charge is 1.00 e. The standard InChI is InChI=1S/C9H11NO.C9H7.C2H6Si.2ClH.Ti/c1-6-3-7(2)5-8(4-6)9(10)11;1-2-5-9-7-3-6-8(9)4-1;1-3-2;;;/h3-5H,1-2H3,(H2,10,11);1-7H;1-2H3;2*1H;/q;-1;;;;+4/p-3. The largest absolute Gasteiger partial charge is 4.00 e. The molecule has 0 heterocycles. The molecule has 0 bridgehead atoms. The molecule has 6 heteroatoms. The number of hydrogen-bond donors (Lipinski definition) is 0. The Hall–Kier alpha value is -0.969. The molecule has 3 rings (SSSR count). The molecule has 1 amide bonds. The van der Waals surface area contributed by atoms with Crippen molar-refractivity contribution in [2.45, 2.75) is 26.9 Å². The molecule has 0 fully saturated rings. The van der Waals surface area contributed by atoms with Crippen molar-refractivity contribution < 1.29 is 51.3 Å². The maximum absolute atomic E-state index is 10.6. The Labute approximate surface area is 186 Å². The third-order valence-electron chi connectivity index (χ3n) is 3.03. The Morgan fingerprint density at radius 2 is 1.46 bits per heavy atom. The predicted molar refractivity (Wildman–Crippen MR) is 102 cm³/mol. The van der Waals surface area contributed by atoms with E-state index in [1.807, 2.05) is 19.9 Å². The summed E-state index contributed by atoms with van der Waals surface area (Å²) in [7, 11) is 1.08. The molecule has 1 N–H and O–H groups in total. The van der Waals surface area contributed by atoms with Crippen LogP contribution in [0.3, 0.4) is 0 Å². The Kier molecular flexibility index (Phi) is 18.6. The fourth-order valence-corrected chi connectivity index (χ4v) is 2.18. The first kappa shape index (κ1) is 29.8. The van der Waals surface area contributed by atoms with Crippen molar-refractivity contribution in [3.63, 3.8) is 0 Å². The van der Waals surface area contributed by atoms with Crippen molar-refractivity contribution >= 4 is 26.2 Å². The van der Waals surface area contributed by atoms with Gasteiger partial charge in [0.15, 0.2) is 0 Å². The van der Waals surface area contributed by atoms with Gasteiger partial charge in [-0.25, -0.2) is 0 Å². The van der Waals surface area contributed by atoms with Crippen molar-refractivity contribution in [1.82, 2.24) is 0 Å². The number of rotatable bonds is 1. The van der Waals surface area contributed by atoms with Crippen LogP contribution < -0.4 is 24.8 Å². The maximum Gasteiger partial charge on any atom is 4.00 e. The number of carbonyl (C=O) groups excluding carboxylic acids is 1. The fraction of sp³-hybridized carbons (Fsp3) is 0.200. The summed E-state index contributed by atoms with van der Waals surface area (Å²) >= 11 is 0. The minimum atomic E-state index is -0.614. The second-order valence-corrected chi connectivity index (χ2v) is 6.36. The first-order valence-electron chi connectivity index (χ1n) is 7.51. The van der Waals surface area contributed by atoms with E-state index in [9.17, 15) is 4.79 Å². The van der Waals surface area contributed by atoms with Gasteiger partial charge in [-0.05, 0) is 19.4 Å². The van der Waals surface area contributed by atoms with E-state index in [2.05, 4.69) is 55.6 Å². The van der Waals surface area contributed by atoms with Crippen LogP contribution in [0.5, 0.6) is 0 Å². The van der Waals surface area contributed by atoms with Crippen LogP contribution in [0.4, 0.5) is 0 Å². The first-order valence-corrected chi connectivity index (χ1v) is 9.51. The molecule has 0 spiro atoms. The van der Waals surface area contributed by atoms with Gasteiger partial charge in [0.1, 0.15) is 0 Å². The van der Waals surface area contributed by atoms with Crippen LogP contribution in [0.2, 0.25) is 13.1 Å². The second-order valence-electron chi connectivity index (χ2n) is 5.36. The molecule has 26 heavy (non-hydrogen) atoms. The molecule has 0 aliphatic heterocycles. The van der Waals surface area contributed by atoms with Gasteiger partial charge in [-0.3, -0.25) is 0 Å². The summed E-state index contributed by atoms with van der Waals surface area (Å²) in [6.45, 7) is 8.14. The Balaban J connectivity index is -0.000000324. The van der Waals surface area contributed by atoms with E-state index in [1.165, 1.54) is 10.8 Å². The Morgan fingerprint density at radius 3 is 1.92 bits per heavy atom. The van der Waals surface area contributed by atoms with E-state index in [-0.39, 0.29) is 46.5 Å². The summed E-state index contributed by atoms with van der Waals surface area (Å²) in [6, 6.07) is 20.1. The van der Waals surface area contributed by atoms with Gasteiger partial charge in [-0.2, -0.15) is 17.5 Å². The molecule has 0 atom stereocenters. The van der Waals surface area contributed by atoms with Gasteiger partial charge in [0.2, 0.25) is 0 Å². The Bertz CT molecular complexity index is 712. The summed E-state index contributed by atoms with van der Waals surface area (Å²) in [5, 5.41) is 2.66. The van der Waals surface area contributed by atoms with Crippen LogP contribution >= 0.6 is 0 Å². The number of halogens is 2. The van der Waals surface area contributed by atoms with Crippen LogP contribution in [0, 0.1) is 13.8 Å². The zero-order chi connectivity index (χ0) is 17.2. The van der Waals surface area contributed by atoms with E-state index >= 15 is 0 Å². The third kappa shape index (κ3) is 10.9. The van der Waals surface area contributed by atoms with Crippen molar-refractivity contribution in [1.29, 1.82) is 0 Å². The van der Waals surface area contributed by atoms with Gasteiger partial charge in [-0.1, -0.05) is 48.5 Å². The van der Waals surface area contributed by atoms with Crippen molar-refractivity contribution in [2.24, 2.45) is 0 Å². The summed E-state index contributed by atoms with van der Waals surface area (Å²) in [5.41, 5.74) is 9.40. The first-order chi connectivity index (χ1) is 11.0. The van der Waals surface area contributed by atoms with Crippen LogP contribution in [-0.4, -0.2) is 15.4 Å². The van der Waals surface area contributed by atoms with Crippen molar-refractivity contribution in [2.75, 3.05) is 0 Å². The Morgan fingerprint density at radius 1 is 0.962 bits per heavy atom. The molecule has 0 saturated carbocycles. The number of benzene rings is 2. The minimum Gasteiger partial charge on any atom is -1.00 e. The molecule has 0 aromatic heterocycles. The van der Waals surface area contributed by atoms with E-state index in [0.29, 0.717) is 5.56 Å². The summed E-state index contributed by atoms with van der Waals surface area (Å²) in [5.74, 6) is -0.614. The quantitative estimate of drug-likeness (QED) is 0.384. The summed E-state index contributed by atoms with van der Waals surface area (Å²) in [4.78, 5) is 10.6. The third-order valence-corrected chi connectivity index (χ3v) is 3.03. The number of nitrogens with one attached hydrogen (secondary N) is 1. The average molecular weight is 440 g/mol. The second kappa shape index (κ2) is 16.2. The molecule has 0 aliphatic rings. The van der Waals surface area contributed by atoms with Gasteiger partial charge in [-0.15, -0.1) is 29.7 Å². The van der Waals surface area contributed by atoms with Gasteiger partial charge < -0.3 is 35.3 Å². The zero-order valence-electron chi connectivity index (χ0n) is 15.4. The maximum atomic E-state index is 10.6. The molecule has 3 aromatic carbocycles. The van der Waals surface area contributed by atoms with Crippen molar-refractivity contribution in [3.05, 3.63) is 83.1 Å². The minimum absolute atomic E-state index is 0. The van der Waals surface area contributed by atoms with Gasteiger partial charge in [0.25, 0.3) is 0 Å². The molecule has 2 radical (unpaired) electrons. The molecular formula is C20H23Cl2NOSiTi. The zero-order valence-corrected chi connectivity index (χ0v) is 19.5. The van der Waals surface area contributed by atoms with Crippen LogP contribution in [-0.2, 0) is 21.7 Å². The van der Waals surface area contributed by atoms with E-state index in [4.69, 9.17) is 5.73 Å². The number of carbonyl (C=O) groups is 1. The summed E-state index contributed by atoms with van der Waals surface area (Å²) < 4.78 is 0. The monoisotopic (exact) mass is 439 g/mol. The number of amides is 1. The van der Waals surface area contributed by atoms with Crippen LogP contribution in [0.25, 0.3) is 16.5 Å². The van der Waals surface area contributed by atoms with E-state index in [0.717, 1.165) is 20.6 Å². The summed E-state index contributed by atoms with van der Waals surface area (Å²) in [6.07, 6.45) is 0. The molecule has 2 nitrogen and oxygen atoms in total. The van der Waals surface area contributed by atoms with E-state index < -0.39 is 5.91 Å². The molecular weight excluding hydrogens is 417 g/mol. The van der Waals surface area contributed by atoms with Gasteiger partial charge >= 0.3 is 21.7 Å². The molecule has 0 saturated heterocycles. The molecule has 0 aliphatic carbocycles. The fourth-order valence-electron chi connectivity index (χ4n) is 2.18.